The zero-order valence-electron chi connectivity index (χ0n) is 7.47. The molecule has 0 rings (SSSR count). The summed E-state index contributed by atoms with van der Waals surface area (Å²) in [6.07, 6.45) is 1.03. The molecule has 0 heterocycles. The summed E-state index contributed by atoms with van der Waals surface area (Å²) in [4.78, 5) is 6.00. The molecule has 11 heavy (non-hydrogen) atoms. The van der Waals surface area contributed by atoms with Gasteiger partial charge < -0.3 is 4.90 Å². The standard InChI is InChI=1S/C7H15ClN2.ClH/c1-5-6(2)9-7(8)10(3)4;/h6H,5H2,1-4H3;1H. The van der Waals surface area contributed by atoms with Crippen molar-refractivity contribution >= 4 is 29.3 Å². The number of hydrogen-bond acceptors (Lipinski definition) is 1. The van der Waals surface area contributed by atoms with E-state index in [0.717, 1.165) is 6.42 Å². The molecule has 0 N–H and O–H groups in total. The largest absolute Gasteiger partial charge is 0.353 e. The third-order valence-electron chi connectivity index (χ3n) is 1.29. The SMILES string of the molecule is CCC(C)N=C(Cl)N(C)C.Cl. The van der Waals surface area contributed by atoms with Crippen LogP contribution in [0.5, 0.6) is 0 Å². The van der Waals surface area contributed by atoms with Crippen molar-refractivity contribution in [2.75, 3.05) is 14.1 Å². The van der Waals surface area contributed by atoms with Crippen LogP contribution in [0.15, 0.2) is 4.99 Å². The van der Waals surface area contributed by atoms with Gasteiger partial charge in [0.25, 0.3) is 0 Å². The van der Waals surface area contributed by atoms with E-state index >= 15 is 0 Å². The third kappa shape index (κ3) is 6.45. The lowest BCUT2D eigenvalue weighted by Crippen LogP contribution is -2.18. The van der Waals surface area contributed by atoms with Gasteiger partial charge in [-0.2, -0.15) is 0 Å². The Balaban J connectivity index is 0. The second kappa shape index (κ2) is 6.74. The smallest absolute Gasteiger partial charge is 0.193 e. The second-order valence-electron chi connectivity index (χ2n) is 2.55. The van der Waals surface area contributed by atoms with E-state index in [1.54, 1.807) is 4.90 Å². The molecular weight excluding hydrogens is 183 g/mol. The lowest BCUT2D eigenvalue weighted by atomic mass is 10.3. The molecule has 0 aliphatic heterocycles. The van der Waals surface area contributed by atoms with Crippen LogP contribution in [-0.4, -0.2) is 30.3 Å². The number of rotatable bonds is 2. The molecule has 0 aromatic rings. The summed E-state index contributed by atoms with van der Waals surface area (Å²) in [7, 11) is 3.77. The maximum atomic E-state index is 5.77. The molecule has 0 fully saturated rings. The van der Waals surface area contributed by atoms with Gasteiger partial charge in [-0.1, -0.05) is 6.92 Å². The first-order valence-electron chi connectivity index (χ1n) is 3.48. The predicted molar refractivity (Wildman–Crippen MR) is 54.0 cm³/mol. The molecule has 0 radical (unpaired) electrons. The molecular formula is C7H16Cl2N2. The first-order chi connectivity index (χ1) is 4.57. The summed E-state index contributed by atoms with van der Waals surface area (Å²) in [6, 6.07) is 0.329. The monoisotopic (exact) mass is 198 g/mol. The molecule has 0 bridgehead atoms. The van der Waals surface area contributed by atoms with Crippen molar-refractivity contribution in [3.63, 3.8) is 0 Å². The van der Waals surface area contributed by atoms with Crippen molar-refractivity contribution in [3.05, 3.63) is 0 Å². The maximum Gasteiger partial charge on any atom is 0.193 e. The first-order valence-corrected chi connectivity index (χ1v) is 3.86. The molecule has 0 aromatic carbocycles. The van der Waals surface area contributed by atoms with Crippen LogP contribution in [0.2, 0.25) is 0 Å². The molecule has 0 amide bonds. The van der Waals surface area contributed by atoms with Gasteiger partial charge in [-0.15, -0.1) is 12.4 Å². The van der Waals surface area contributed by atoms with Gasteiger partial charge in [-0.05, 0) is 24.9 Å². The van der Waals surface area contributed by atoms with Crippen LogP contribution in [-0.2, 0) is 0 Å². The number of aliphatic imine (C=N–C) groups is 1. The maximum absolute atomic E-state index is 5.77. The summed E-state index contributed by atoms with van der Waals surface area (Å²) < 4.78 is 0. The summed E-state index contributed by atoms with van der Waals surface area (Å²) in [5, 5.41) is 0.578. The van der Waals surface area contributed by atoms with Gasteiger partial charge in [-0.25, -0.2) is 0 Å². The molecule has 1 atom stereocenters. The molecule has 4 heteroatoms. The zero-order chi connectivity index (χ0) is 8.15. The lowest BCUT2D eigenvalue weighted by molar-refractivity contribution is 0.614. The molecule has 0 spiro atoms. The normalized spacial score (nSPS) is 13.7. The summed E-state index contributed by atoms with van der Waals surface area (Å²) >= 11 is 5.77. The van der Waals surface area contributed by atoms with E-state index < -0.39 is 0 Å². The molecule has 0 aliphatic carbocycles. The Morgan fingerprint density at radius 3 is 2.27 bits per heavy atom. The Bertz CT molecular complexity index is 124. The Morgan fingerprint density at radius 2 is 2.00 bits per heavy atom. The second-order valence-corrected chi connectivity index (χ2v) is 2.89. The van der Waals surface area contributed by atoms with Crippen LogP contribution in [0.1, 0.15) is 20.3 Å². The number of halogens is 2. The van der Waals surface area contributed by atoms with E-state index in [1.165, 1.54) is 0 Å². The highest BCUT2D eigenvalue weighted by molar-refractivity contribution is 6.64. The van der Waals surface area contributed by atoms with Crippen LogP contribution in [0.25, 0.3) is 0 Å². The highest BCUT2D eigenvalue weighted by Crippen LogP contribution is 1.99. The van der Waals surface area contributed by atoms with Crippen molar-refractivity contribution in [2.45, 2.75) is 26.3 Å². The highest BCUT2D eigenvalue weighted by atomic mass is 35.5. The van der Waals surface area contributed by atoms with Crippen LogP contribution >= 0.6 is 24.0 Å². The van der Waals surface area contributed by atoms with E-state index in [9.17, 15) is 0 Å². The van der Waals surface area contributed by atoms with E-state index in [0.29, 0.717) is 11.3 Å². The fourth-order valence-electron chi connectivity index (χ4n) is 0.389. The van der Waals surface area contributed by atoms with E-state index in [4.69, 9.17) is 11.6 Å². The Labute approximate surface area is 80.0 Å². The van der Waals surface area contributed by atoms with Crippen molar-refractivity contribution in [1.82, 2.24) is 4.90 Å². The molecule has 0 saturated carbocycles. The van der Waals surface area contributed by atoms with Crippen LogP contribution in [0.3, 0.4) is 0 Å². The Kier molecular flexibility index (Phi) is 8.35. The number of nitrogens with zero attached hydrogens (tertiary/aromatic N) is 2. The van der Waals surface area contributed by atoms with Gasteiger partial charge in [-0.3, -0.25) is 4.99 Å². The van der Waals surface area contributed by atoms with E-state index in [2.05, 4.69) is 11.9 Å². The van der Waals surface area contributed by atoms with Gasteiger partial charge in [0.15, 0.2) is 5.29 Å². The Morgan fingerprint density at radius 1 is 1.55 bits per heavy atom. The van der Waals surface area contributed by atoms with Crippen molar-refractivity contribution in [3.8, 4) is 0 Å². The van der Waals surface area contributed by atoms with Crippen LogP contribution < -0.4 is 0 Å². The van der Waals surface area contributed by atoms with Gasteiger partial charge in [0, 0.05) is 14.1 Å². The van der Waals surface area contributed by atoms with E-state index in [1.807, 2.05) is 21.0 Å². The van der Waals surface area contributed by atoms with Crippen molar-refractivity contribution in [1.29, 1.82) is 0 Å². The molecule has 0 aliphatic rings. The molecule has 1 unspecified atom stereocenters. The fraction of sp³-hybridized carbons (Fsp3) is 0.857. The summed E-state index contributed by atoms with van der Waals surface area (Å²) in [5.41, 5.74) is 0. The minimum absolute atomic E-state index is 0. The van der Waals surface area contributed by atoms with Gasteiger partial charge in [0.1, 0.15) is 0 Å². The molecule has 0 saturated heterocycles. The van der Waals surface area contributed by atoms with Crippen molar-refractivity contribution < 1.29 is 0 Å². The lowest BCUT2D eigenvalue weighted by Gasteiger charge is -2.10. The van der Waals surface area contributed by atoms with E-state index in [-0.39, 0.29) is 12.4 Å². The summed E-state index contributed by atoms with van der Waals surface area (Å²) in [6.45, 7) is 4.14. The van der Waals surface area contributed by atoms with Gasteiger partial charge in [0.2, 0.25) is 0 Å². The quantitative estimate of drug-likeness (QED) is 0.378. The zero-order valence-corrected chi connectivity index (χ0v) is 9.04. The first kappa shape index (κ1) is 13.6. The topological polar surface area (TPSA) is 15.6 Å². The van der Waals surface area contributed by atoms with Gasteiger partial charge in [0.05, 0.1) is 6.04 Å². The fourth-order valence-corrected chi connectivity index (χ4v) is 0.555. The summed E-state index contributed by atoms with van der Waals surface area (Å²) in [5.74, 6) is 0. The molecule has 2 nitrogen and oxygen atoms in total. The van der Waals surface area contributed by atoms with Crippen LogP contribution in [0.4, 0.5) is 0 Å². The Hall–Kier alpha value is 0.0500. The highest BCUT2D eigenvalue weighted by Gasteiger charge is 1.98. The third-order valence-corrected chi connectivity index (χ3v) is 1.72. The molecule has 68 valence electrons. The number of amidine groups is 1. The van der Waals surface area contributed by atoms with Crippen LogP contribution in [0, 0.1) is 0 Å². The molecule has 0 aromatic heterocycles. The predicted octanol–water partition coefficient (Wildman–Crippen LogP) is 2.36. The number of hydrogen-bond donors (Lipinski definition) is 0. The van der Waals surface area contributed by atoms with Crippen molar-refractivity contribution in [2.24, 2.45) is 4.99 Å². The minimum Gasteiger partial charge on any atom is -0.353 e. The van der Waals surface area contributed by atoms with Gasteiger partial charge >= 0.3 is 0 Å². The average molecular weight is 199 g/mol. The average Bonchev–Trinajstić information content (AvgIpc) is 1.87. The minimum atomic E-state index is 0.